The monoisotopic (exact) mass is 276 g/mol. The molecule has 1 heterocycles. The zero-order valence-electron chi connectivity index (χ0n) is 12.0. The SMILES string of the molecule is CCC(CC)CNCC1CCCN(S(C)(=O)=O)C1. The Balaban J connectivity index is 2.30. The topological polar surface area (TPSA) is 49.4 Å². The van der Waals surface area contributed by atoms with E-state index in [1.807, 2.05) is 0 Å². The van der Waals surface area contributed by atoms with Gasteiger partial charge in [-0.15, -0.1) is 0 Å². The van der Waals surface area contributed by atoms with Crippen LogP contribution in [0.4, 0.5) is 0 Å². The Kier molecular flexibility index (Phi) is 6.60. The minimum atomic E-state index is -3.00. The summed E-state index contributed by atoms with van der Waals surface area (Å²) in [6.07, 6.45) is 5.87. The quantitative estimate of drug-likeness (QED) is 0.770. The van der Waals surface area contributed by atoms with Gasteiger partial charge in [-0.1, -0.05) is 26.7 Å². The van der Waals surface area contributed by atoms with Crippen molar-refractivity contribution in [2.24, 2.45) is 11.8 Å². The Bertz CT molecular complexity index is 326. The molecule has 0 radical (unpaired) electrons. The molecule has 1 saturated heterocycles. The third-order valence-corrected chi connectivity index (χ3v) is 5.24. The van der Waals surface area contributed by atoms with Gasteiger partial charge in [-0.05, 0) is 37.8 Å². The number of sulfonamides is 1. The number of nitrogens with one attached hydrogen (secondary N) is 1. The largest absolute Gasteiger partial charge is 0.316 e. The van der Waals surface area contributed by atoms with Gasteiger partial charge in [0.1, 0.15) is 0 Å². The van der Waals surface area contributed by atoms with E-state index in [-0.39, 0.29) is 0 Å². The third kappa shape index (κ3) is 5.24. The maximum atomic E-state index is 11.5. The van der Waals surface area contributed by atoms with E-state index >= 15 is 0 Å². The van der Waals surface area contributed by atoms with E-state index in [4.69, 9.17) is 0 Å². The molecule has 1 aliphatic rings. The Labute approximate surface area is 112 Å². The van der Waals surface area contributed by atoms with Crippen LogP contribution in [0.3, 0.4) is 0 Å². The predicted octanol–water partition coefficient (Wildman–Crippen LogP) is 1.68. The highest BCUT2D eigenvalue weighted by molar-refractivity contribution is 7.88. The summed E-state index contributed by atoms with van der Waals surface area (Å²) in [4.78, 5) is 0. The molecular formula is C13H28N2O2S. The highest BCUT2D eigenvalue weighted by atomic mass is 32.2. The van der Waals surface area contributed by atoms with Gasteiger partial charge in [0.05, 0.1) is 6.26 Å². The first-order chi connectivity index (χ1) is 8.47. The third-order valence-electron chi connectivity index (χ3n) is 3.97. The molecule has 0 aromatic heterocycles. The van der Waals surface area contributed by atoms with E-state index in [1.54, 1.807) is 4.31 Å². The number of nitrogens with zero attached hydrogens (tertiary/aromatic N) is 1. The molecule has 0 spiro atoms. The molecule has 0 amide bonds. The minimum absolute atomic E-state index is 0.475. The average molecular weight is 276 g/mol. The Hall–Kier alpha value is -0.130. The van der Waals surface area contributed by atoms with E-state index in [0.717, 1.165) is 31.8 Å². The van der Waals surface area contributed by atoms with Crippen LogP contribution in [0, 0.1) is 11.8 Å². The van der Waals surface area contributed by atoms with Gasteiger partial charge in [-0.3, -0.25) is 0 Å². The maximum absolute atomic E-state index is 11.5. The van der Waals surface area contributed by atoms with Crippen LogP contribution in [-0.4, -0.2) is 45.2 Å². The summed E-state index contributed by atoms with van der Waals surface area (Å²) in [5.41, 5.74) is 0. The minimum Gasteiger partial charge on any atom is -0.316 e. The molecule has 1 fully saturated rings. The van der Waals surface area contributed by atoms with Crippen LogP contribution in [0.2, 0.25) is 0 Å². The van der Waals surface area contributed by atoms with E-state index in [9.17, 15) is 8.42 Å². The van der Waals surface area contributed by atoms with Crippen LogP contribution in [0.25, 0.3) is 0 Å². The van der Waals surface area contributed by atoms with Crippen molar-refractivity contribution in [1.82, 2.24) is 9.62 Å². The second-order valence-corrected chi connectivity index (χ2v) is 7.45. The number of rotatable bonds is 7. The summed E-state index contributed by atoms with van der Waals surface area (Å²) in [6.45, 7) is 7.84. The summed E-state index contributed by atoms with van der Waals surface area (Å²) in [7, 11) is -3.00. The first-order valence-electron chi connectivity index (χ1n) is 7.13. The number of hydrogen-bond acceptors (Lipinski definition) is 3. The van der Waals surface area contributed by atoms with Crippen molar-refractivity contribution in [3.8, 4) is 0 Å². The normalized spacial score (nSPS) is 22.6. The summed E-state index contributed by atoms with van der Waals surface area (Å²) in [6, 6.07) is 0. The fourth-order valence-corrected chi connectivity index (χ4v) is 3.51. The summed E-state index contributed by atoms with van der Waals surface area (Å²) in [5, 5.41) is 3.51. The second-order valence-electron chi connectivity index (χ2n) is 5.47. The van der Waals surface area contributed by atoms with Crippen LogP contribution in [0.1, 0.15) is 39.5 Å². The van der Waals surface area contributed by atoms with Gasteiger partial charge in [0, 0.05) is 13.1 Å². The molecule has 1 atom stereocenters. The Morgan fingerprint density at radius 2 is 2.00 bits per heavy atom. The highest BCUT2D eigenvalue weighted by Gasteiger charge is 2.25. The standard InChI is InChI=1S/C13H28N2O2S/c1-4-12(5-2)9-14-10-13-7-6-8-15(11-13)18(3,16)17/h12-14H,4-11H2,1-3H3. The van der Waals surface area contributed by atoms with E-state index in [0.29, 0.717) is 19.0 Å². The number of piperidine rings is 1. The molecule has 0 saturated carbocycles. The van der Waals surface area contributed by atoms with Gasteiger partial charge in [0.2, 0.25) is 10.0 Å². The van der Waals surface area contributed by atoms with Crippen molar-refractivity contribution >= 4 is 10.0 Å². The van der Waals surface area contributed by atoms with Crippen LogP contribution in [-0.2, 0) is 10.0 Å². The molecule has 0 aromatic rings. The lowest BCUT2D eigenvalue weighted by Gasteiger charge is -2.31. The fourth-order valence-electron chi connectivity index (χ4n) is 2.56. The lowest BCUT2D eigenvalue weighted by Crippen LogP contribution is -2.42. The van der Waals surface area contributed by atoms with Crippen molar-refractivity contribution in [3.05, 3.63) is 0 Å². The molecular weight excluding hydrogens is 248 g/mol. The molecule has 1 N–H and O–H groups in total. The van der Waals surface area contributed by atoms with Gasteiger partial charge in [-0.2, -0.15) is 0 Å². The van der Waals surface area contributed by atoms with Crippen molar-refractivity contribution in [2.45, 2.75) is 39.5 Å². The molecule has 0 aliphatic carbocycles. The van der Waals surface area contributed by atoms with Gasteiger partial charge in [-0.25, -0.2) is 12.7 Å². The van der Waals surface area contributed by atoms with Crippen LogP contribution in [0.15, 0.2) is 0 Å². The molecule has 1 rings (SSSR count). The molecule has 4 nitrogen and oxygen atoms in total. The molecule has 0 bridgehead atoms. The average Bonchev–Trinajstić information content (AvgIpc) is 2.34. The molecule has 5 heteroatoms. The first kappa shape index (κ1) is 15.9. The van der Waals surface area contributed by atoms with Crippen molar-refractivity contribution in [2.75, 3.05) is 32.4 Å². The zero-order valence-corrected chi connectivity index (χ0v) is 12.8. The zero-order chi connectivity index (χ0) is 13.6. The second kappa shape index (κ2) is 7.46. The van der Waals surface area contributed by atoms with Gasteiger partial charge >= 0.3 is 0 Å². The van der Waals surface area contributed by atoms with Crippen molar-refractivity contribution < 1.29 is 8.42 Å². The summed E-state index contributed by atoms with van der Waals surface area (Å²) >= 11 is 0. The van der Waals surface area contributed by atoms with Crippen LogP contribution >= 0.6 is 0 Å². The van der Waals surface area contributed by atoms with Gasteiger partial charge in [0.15, 0.2) is 0 Å². The van der Waals surface area contributed by atoms with Crippen LogP contribution in [0.5, 0.6) is 0 Å². The smallest absolute Gasteiger partial charge is 0.211 e. The van der Waals surface area contributed by atoms with Crippen molar-refractivity contribution in [3.63, 3.8) is 0 Å². The summed E-state index contributed by atoms with van der Waals surface area (Å²) < 4.78 is 24.6. The van der Waals surface area contributed by atoms with Crippen LogP contribution < -0.4 is 5.32 Å². The maximum Gasteiger partial charge on any atom is 0.211 e. The fraction of sp³-hybridized carbons (Fsp3) is 1.00. The molecule has 1 aliphatic heterocycles. The van der Waals surface area contributed by atoms with Gasteiger partial charge in [0.25, 0.3) is 0 Å². The molecule has 1 unspecified atom stereocenters. The lowest BCUT2D eigenvalue weighted by molar-refractivity contribution is 0.257. The van der Waals surface area contributed by atoms with E-state index in [2.05, 4.69) is 19.2 Å². The van der Waals surface area contributed by atoms with Gasteiger partial charge < -0.3 is 5.32 Å². The predicted molar refractivity (Wildman–Crippen MR) is 76.1 cm³/mol. The number of hydrogen-bond donors (Lipinski definition) is 1. The van der Waals surface area contributed by atoms with E-state index < -0.39 is 10.0 Å². The van der Waals surface area contributed by atoms with E-state index in [1.165, 1.54) is 19.1 Å². The molecule has 18 heavy (non-hydrogen) atoms. The Morgan fingerprint density at radius 3 is 2.56 bits per heavy atom. The first-order valence-corrected chi connectivity index (χ1v) is 8.98. The van der Waals surface area contributed by atoms with Crippen molar-refractivity contribution in [1.29, 1.82) is 0 Å². The summed E-state index contributed by atoms with van der Waals surface area (Å²) in [5.74, 6) is 1.22. The molecule has 0 aromatic carbocycles. The lowest BCUT2D eigenvalue weighted by atomic mass is 9.98. The highest BCUT2D eigenvalue weighted by Crippen LogP contribution is 2.18. The Morgan fingerprint density at radius 1 is 1.33 bits per heavy atom. The molecule has 108 valence electrons.